The number of halogens is 7. The van der Waals surface area contributed by atoms with Gasteiger partial charge in [-0.15, -0.1) is 23.2 Å². The van der Waals surface area contributed by atoms with Gasteiger partial charge in [0.05, 0.1) is 18.3 Å². The molecule has 1 aliphatic carbocycles. The normalized spacial score (nSPS) is 24.3. The molecule has 8 rings (SSSR count). The van der Waals surface area contributed by atoms with Gasteiger partial charge in [0.1, 0.15) is 11.4 Å². The molecule has 254 valence electrons. The van der Waals surface area contributed by atoms with Crippen molar-refractivity contribution < 1.29 is 36.6 Å². The van der Waals surface area contributed by atoms with Crippen LogP contribution in [0.25, 0.3) is 16.5 Å². The number of para-hydroxylation sites is 1. The Bertz CT molecular complexity index is 2490. The fourth-order valence-electron chi connectivity index (χ4n) is 7.53. The topological polar surface area (TPSA) is 107 Å². The zero-order chi connectivity index (χ0) is 35.6. The van der Waals surface area contributed by atoms with E-state index in [0.29, 0.717) is 10.8 Å². The molecule has 5 aromatic rings. The molecule has 3 heterocycles. The van der Waals surface area contributed by atoms with Crippen molar-refractivity contribution in [3.8, 4) is 11.4 Å². The lowest BCUT2D eigenvalue weighted by molar-refractivity contribution is -0.122. The van der Waals surface area contributed by atoms with Gasteiger partial charge in [0, 0.05) is 17.9 Å². The van der Waals surface area contributed by atoms with Crippen LogP contribution in [0.2, 0.25) is 0 Å². The maximum Gasteiger partial charge on any atom is 0.352 e. The third kappa shape index (κ3) is 3.82. The number of aromatic nitrogens is 3. The smallest absolute Gasteiger partial charge is 0.352 e. The highest BCUT2D eigenvalue weighted by atomic mass is 35.5. The average Bonchev–Trinajstić information content (AvgIpc) is 3.45. The van der Waals surface area contributed by atoms with Gasteiger partial charge in [-0.1, -0.05) is 54.6 Å². The summed E-state index contributed by atoms with van der Waals surface area (Å²) < 4.78 is 76.5. The number of phenols is 1. The van der Waals surface area contributed by atoms with E-state index in [2.05, 4.69) is 0 Å². The Morgan fingerprint density at radius 3 is 2.04 bits per heavy atom. The van der Waals surface area contributed by atoms with Gasteiger partial charge in [-0.25, -0.2) is 50.4 Å². The van der Waals surface area contributed by atoms with Gasteiger partial charge in [-0.2, -0.15) is 0 Å². The molecule has 1 saturated heterocycles. The molecule has 1 N–H and O–H groups in total. The van der Waals surface area contributed by atoms with Crippen LogP contribution in [0.15, 0.2) is 88.0 Å². The molecule has 4 aromatic carbocycles. The molecule has 1 saturated carbocycles. The number of carbonyl (C=O) groups is 2. The average molecular weight is 729 g/mol. The number of imide groups is 1. The van der Waals surface area contributed by atoms with Gasteiger partial charge in [-0.05, 0) is 34.5 Å². The fourth-order valence-corrected chi connectivity index (χ4v) is 8.43. The van der Waals surface area contributed by atoms with Crippen LogP contribution in [-0.2, 0) is 16.1 Å². The number of amides is 2. The fraction of sp³-hybridized carbons (Fsp3) is 0.176. The zero-order valence-electron chi connectivity index (χ0n) is 25.0. The van der Waals surface area contributed by atoms with Crippen LogP contribution < -0.4 is 16.3 Å². The highest BCUT2D eigenvalue weighted by Gasteiger charge is 2.76. The van der Waals surface area contributed by atoms with Crippen molar-refractivity contribution >= 4 is 51.5 Å². The minimum Gasteiger partial charge on any atom is -0.508 e. The Labute approximate surface area is 286 Å². The summed E-state index contributed by atoms with van der Waals surface area (Å²) in [5.41, 5.74) is -3.30. The second-order valence-electron chi connectivity index (χ2n) is 12.1. The monoisotopic (exact) mass is 728 g/mol. The maximum absolute atomic E-state index is 15.3. The Morgan fingerprint density at radius 2 is 1.36 bits per heavy atom. The number of allylic oxidation sites excluding steroid dienone is 2. The van der Waals surface area contributed by atoms with Crippen molar-refractivity contribution in [3.63, 3.8) is 0 Å². The Kier molecular flexibility index (Phi) is 6.82. The van der Waals surface area contributed by atoms with Crippen molar-refractivity contribution in [1.82, 2.24) is 13.9 Å². The second-order valence-corrected chi connectivity index (χ2v) is 13.4. The highest BCUT2D eigenvalue weighted by molar-refractivity contribution is 6.58. The highest BCUT2D eigenvalue weighted by Crippen LogP contribution is 2.65. The lowest BCUT2D eigenvalue weighted by atomic mass is 9.63. The molecule has 50 heavy (non-hydrogen) atoms. The molecular formula is C34H19Cl2F5N4O5. The number of hydrogen-bond acceptors (Lipinski definition) is 5. The van der Waals surface area contributed by atoms with Crippen LogP contribution in [0.4, 0.5) is 27.6 Å². The van der Waals surface area contributed by atoms with E-state index in [1.54, 1.807) is 48.5 Å². The van der Waals surface area contributed by atoms with Crippen LogP contribution >= 0.6 is 23.2 Å². The van der Waals surface area contributed by atoms with E-state index in [4.69, 9.17) is 23.2 Å². The van der Waals surface area contributed by atoms with E-state index in [0.717, 1.165) is 13.9 Å². The zero-order valence-corrected chi connectivity index (χ0v) is 26.5. The largest absolute Gasteiger partial charge is 0.508 e. The molecule has 0 bridgehead atoms. The van der Waals surface area contributed by atoms with E-state index < -0.39 is 91.8 Å². The predicted octanol–water partition coefficient (Wildman–Crippen LogP) is 5.55. The molecule has 0 unspecified atom stereocenters. The van der Waals surface area contributed by atoms with Crippen molar-refractivity contribution in [1.29, 1.82) is 0 Å². The Hall–Kier alpha value is -5.21. The molecule has 9 nitrogen and oxygen atoms in total. The quantitative estimate of drug-likeness (QED) is 0.0655. The molecule has 0 spiro atoms. The number of aromatic hydroxyl groups is 1. The van der Waals surface area contributed by atoms with Gasteiger partial charge in [0.2, 0.25) is 5.82 Å². The number of alkyl halides is 2. The first-order chi connectivity index (χ1) is 23.8. The minimum absolute atomic E-state index is 0.0779. The number of phenolic OH excluding ortho intramolecular Hbond substituents is 1. The Morgan fingerprint density at radius 1 is 0.740 bits per heavy atom. The molecule has 16 heteroatoms. The summed E-state index contributed by atoms with van der Waals surface area (Å²) in [5.74, 6) is -17.8. The van der Waals surface area contributed by atoms with E-state index in [1.165, 1.54) is 24.3 Å². The van der Waals surface area contributed by atoms with Crippen LogP contribution in [0.3, 0.4) is 0 Å². The molecule has 2 aliphatic heterocycles. The summed E-state index contributed by atoms with van der Waals surface area (Å²) in [7, 11) is 0. The van der Waals surface area contributed by atoms with E-state index in [-0.39, 0.29) is 28.3 Å². The molecule has 3 aliphatic rings. The number of fused-ring (bicyclic) bond motifs is 5. The lowest BCUT2D eigenvalue weighted by Crippen LogP contribution is -2.59. The van der Waals surface area contributed by atoms with Gasteiger partial charge < -0.3 is 5.11 Å². The van der Waals surface area contributed by atoms with Gasteiger partial charge in [0.15, 0.2) is 33.0 Å². The van der Waals surface area contributed by atoms with Crippen molar-refractivity contribution in [2.75, 3.05) is 4.90 Å². The summed E-state index contributed by atoms with van der Waals surface area (Å²) in [6.45, 7) is -0.270. The number of hydrogen-bond donors (Lipinski definition) is 1. The predicted molar refractivity (Wildman–Crippen MR) is 170 cm³/mol. The van der Waals surface area contributed by atoms with Crippen LogP contribution in [0.1, 0.15) is 23.9 Å². The SMILES string of the molecule is O=C1N(c2c(F)c(F)c(F)c(F)c2F)C(=O)[C@@]2(Cl)[C@@H](c3c(O)ccc4ccccc34)C3=CCn4c(=O)n(-c5ccccc5)c(=O)n4[C@@H]3C[C@@]12Cl. The number of anilines is 1. The summed E-state index contributed by atoms with van der Waals surface area (Å²) in [6.07, 6.45) is 0.701. The molecule has 4 atom stereocenters. The lowest BCUT2D eigenvalue weighted by Gasteiger charge is -2.49. The first kappa shape index (κ1) is 32.0. The van der Waals surface area contributed by atoms with Crippen molar-refractivity contribution in [2.45, 2.75) is 34.7 Å². The molecule has 2 amide bonds. The van der Waals surface area contributed by atoms with Gasteiger partial charge >= 0.3 is 11.4 Å². The van der Waals surface area contributed by atoms with Gasteiger partial charge in [0.25, 0.3) is 11.8 Å². The summed E-state index contributed by atoms with van der Waals surface area (Å²) in [5, 5.41) is 12.2. The molecule has 2 fully saturated rings. The first-order valence-electron chi connectivity index (χ1n) is 14.9. The van der Waals surface area contributed by atoms with Crippen LogP contribution in [0.5, 0.6) is 5.75 Å². The van der Waals surface area contributed by atoms with Crippen molar-refractivity contribution in [3.05, 3.63) is 134 Å². The Balaban J connectivity index is 1.44. The second kappa shape index (κ2) is 10.6. The summed E-state index contributed by atoms with van der Waals surface area (Å²) >= 11 is 14.3. The van der Waals surface area contributed by atoms with E-state index in [9.17, 15) is 37.5 Å². The number of rotatable bonds is 3. The van der Waals surface area contributed by atoms with Gasteiger partial charge in [-0.3, -0.25) is 9.59 Å². The molecule has 1 aromatic heterocycles. The number of benzene rings is 4. The maximum atomic E-state index is 15.3. The third-order valence-corrected chi connectivity index (χ3v) is 11.2. The first-order valence-corrected chi connectivity index (χ1v) is 15.7. The van der Waals surface area contributed by atoms with Crippen LogP contribution in [0, 0.1) is 29.1 Å². The molecule has 0 radical (unpaired) electrons. The number of carbonyl (C=O) groups excluding carboxylic acids is 2. The number of nitrogens with zero attached hydrogens (tertiary/aromatic N) is 4. The van der Waals surface area contributed by atoms with E-state index in [1.807, 2.05) is 0 Å². The molecular weight excluding hydrogens is 710 g/mol. The minimum atomic E-state index is -2.80. The van der Waals surface area contributed by atoms with Crippen LogP contribution in [-0.4, -0.2) is 40.6 Å². The standard InChI is InChI=1S/C34H19Cl2F5N4O5/c35-33-14-19-18(12-13-42-31(49)43(32(50)45(19)42)16-7-2-1-3-8-16)22(21-17-9-5-4-6-15(17)10-11-20(21)46)34(33,36)30(48)44(29(33)47)28-26(40)24(38)23(37)25(39)27(28)41/h1-12,19,22,46H,13-14H2/t19-,22-,33-,34+/m1/s1. The summed E-state index contributed by atoms with van der Waals surface area (Å²) in [4.78, 5) is 50.8. The van der Waals surface area contributed by atoms with E-state index >= 15 is 8.78 Å². The third-order valence-electron chi connectivity index (χ3n) is 9.74. The van der Waals surface area contributed by atoms with Crippen molar-refractivity contribution in [2.24, 2.45) is 0 Å². The summed E-state index contributed by atoms with van der Waals surface area (Å²) in [6, 6.07) is 15.8.